The maximum atomic E-state index is 5.60. The van der Waals surface area contributed by atoms with Crippen molar-refractivity contribution in [2.75, 3.05) is 13.1 Å². The summed E-state index contributed by atoms with van der Waals surface area (Å²) in [5.74, 6) is 1.75. The summed E-state index contributed by atoms with van der Waals surface area (Å²) in [6, 6.07) is 0.545. The first kappa shape index (κ1) is 10.6. The molecule has 4 nitrogen and oxygen atoms in total. The van der Waals surface area contributed by atoms with Gasteiger partial charge in [0.05, 0.1) is 6.20 Å². The van der Waals surface area contributed by atoms with E-state index in [1.54, 1.807) is 6.20 Å². The molecule has 84 valence electrons. The van der Waals surface area contributed by atoms with Gasteiger partial charge in [-0.1, -0.05) is 6.42 Å². The third kappa shape index (κ3) is 3.04. The molecular formula is C11H19N3O. The van der Waals surface area contributed by atoms with Crippen molar-refractivity contribution in [3.05, 3.63) is 17.8 Å². The average Bonchev–Trinajstić information content (AvgIpc) is 2.68. The first-order chi connectivity index (χ1) is 7.38. The van der Waals surface area contributed by atoms with Gasteiger partial charge >= 0.3 is 0 Å². The van der Waals surface area contributed by atoms with Crippen molar-refractivity contribution in [3.8, 4) is 0 Å². The lowest BCUT2D eigenvalue weighted by molar-refractivity contribution is 0.360. The number of hydrogen-bond donors (Lipinski definition) is 2. The van der Waals surface area contributed by atoms with Crippen LogP contribution in [0, 0.1) is 0 Å². The molecule has 4 heteroatoms. The van der Waals surface area contributed by atoms with Crippen LogP contribution in [0.1, 0.15) is 30.9 Å². The molecular weight excluding hydrogens is 190 g/mol. The third-order valence-electron chi connectivity index (χ3n) is 2.83. The minimum absolute atomic E-state index is 0.545. The smallest absolute Gasteiger partial charge is 0.195 e. The Hall–Kier alpha value is -0.870. The molecule has 2 heterocycles. The van der Waals surface area contributed by atoms with Gasteiger partial charge in [-0.3, -0.25) is 0 Å². The lowest BCUT2D eigenvalue weighted by atomic mass is 10.0. The number of nitrogens with zero attached hydrogens (tertiary/aromatic N) is 1. The molecule has 15 heavy (non-hydrogen) atoms. The van der Waals surface area contributed by atoms with Crippen molar-refractivity contribution in [2.24, 2.45) is 5.73 Å². The molecule has 0 bridgehead atoms. The van der Waals surface area contributed by atoms with E-state index in [0.717, 1.165) is 31.0 Å². The number of nitrogens with one attached hydrogen (secondary N) is 1. The van der Waals surface area contributed by atoms with Gasteiger partial charge in [0.1, 0.15) is 5.76 Å². The van der Waals surface area contributed by atoms with Crippen LogP contribution in [0.5, 0.6) is 0 Å². The molecule has 1 aliphatic heterocycles. The Morgan fingerprint density at radius 2 is 2.47 bits per heavy atom. The normalized spacial score (nSPS) is 21.8. The Kier molecular flexibility index (Phi) is 3.75. The van der Waals surface area contributed by atoms with Crippen LogP contribution in [0.2, 0.25) is 0 Å². The number of hydrogen-bond acceptors (Lipinski definition) is 4. The fourth-order valence-corrected chi connectivity index (χ4v) is 2.01. The van der Waals surface area contributed by atoms with Crippen molar-refractivity contribution in [2.45, 2.75) is 38.1 Å². The molecule has 2 rings (SSSR count). The molecule has 1 aliphatic rings. The summed E-state index contributed by atoms with van der Waals surface area (Å²) in [5, 5.41) is 3.48. The minimum Gasteiger partial charge on any atom is -0.446 e. The fraction of sp³-hybridized carbons (Fsp3) is 0.727. The van der Waals surface area contributed by atoms with E-state index in [-0.39, 0.29) is 0 Å². The van der Waals surface area contributed by atoms with Crippen molar-refractivity contribution in [3.63, 3.8) is 0 Å². The second-order valence-electron chi connectivity index (χ2n) is 4.11. The van der Waals surface area contributed by atoms with Crippen LogP contribution < -0.4 is 11.1 Å². The van der Waals surface area contributed by atoms with E-state index >= 15 is 0 Å². The van der Waals surface area contributed by atoms with Crippen molar-refractivity contribution >= 4 is 0 Å². The predicted molar refractivity (Wildman–Crippen MR) is 58.6 cm³/mol. The molecule has 1 aromatic heterocycles. The monoisotopic (exact) mass is 209 g/mol. The van der Waals surface area contributed by atoms with Crippen LogP contribution in [0.3, 0.4) is 0 Å². The highest BCUT2D eigenvalue weighted by molar-refractivity contribution is 4.96. The molecule has 1 aromatic rings. The summed E-state index contributed by atoms with van der Waals surface area (Å²) in [4.78, 5) is 4.27. The Morgan fingerprint density at radius 3 is 3.20 bits per heavy atom. The SMILES string of the molecule is NCCc1cnc(CC2CCCCN2)o1. The first-order valence-corrected chi connectivity index (χ1v) is 5.75. The molecule has 3 N–H and O–H groups in total. The van der Waals surface area contributed by atoms with Gasteiger partial charge in [0, 0.05) is 18.9 Å². The van der Waals surface area contributed by atoms with E-state index in [9.17, 15) is 0 Å². The zero-order valence-corrected chi connectivity index (χ0v) is 9.04. The molecule has 0 aliphatic carbocycles. The largest absolute Gasteiger partial charge is 0.446 e. The number of rotatable bonds is 4. The minimum atomic E-state index is 0.545. The number of nitrogens with two attached hydrogens (primary N) is 1. The van der Waals surface area contributed by atoms with Gasteiger partial charge < -0.3 is 15.5 Å². The highest BCUT2D eigenvalue weighted by Crippen LogP contribution is 2.13. The van der Waals surface area contributed by atoms with Crippen LogP contribution in [0.25, 0.3) is 0 Å². The Balaban J connectivity index is 1.86. The highest BCUT2D eigenvalue weighted by atomic mass is 16.4. The second kappa shape index (κ2) is 5.28. The van der Waals surface area contributed by atoms with E-state index in [1.807, 2.05) is 0 Å². The molecule has 0 saturated carbocycles. The fourth-order valence-electron chi connectivity index (χ4n) is 2.01. The van der Waals surface area contributed by atoms with Crippen LogP contribution in [-0.4, -0.2) is 24.1 Å². The predicted octanol–water partition coefficient (Wildman–Crippen LogP) is 0.860. The molecule has 1 saturated heterocycles. The van der Waals surface area contributed by atoms with Crippen molar-refractivity contribution < 1.29 is 4.42 Å². The van der Waals surface area contributed by atoms with Crippen LogP contribution in [0.15, 0.2) is 10.6 Å². The summed E-state index contributed by atoms with van der Waals surface area (Å²) in [6.45, 7) is 1.75. The zero-order chi connectivity index (χ0) is 10.5. The van der Waals surface area contributed by atoms with Crippen molar-refractivity contribution in [1.29, 1.82) is 0 Å². The molecule has 0 spiro atoms. The highest BCUT2D eigenvalue weighted by Gasteiger charge is 2.15. The Bertz CT molecular complexity index is 292. The number of oxazole rings is 1. The van der Waals surface area contributed by atoms with E-state index in [1.165, 1.54) is 19.3 Å². The third-order valence-corrected chi connectivity index (χ3v) is 2.83. The van der Waals surface area contributed by atoms with E-state index in [2.05, 4.69) is 10.3 Å². The summed E-state index contributed by atoms with van der Waals surface area (Å²) < 4.78 is 5.60. The van der Waals surface area contributed by atoms with Gasteiger partial charge in [0.25, 0.3) is 0 Å². The Morgan fingerprint density at radius 1 is 1.53 bits per heavy atom. The van der Waals surface area contributed by atoms with Gasteiger partial charge in [-0.25, -0.2) is 4.98 Å². The van der Waals surface area contributed by atoms with E-state index in [0.29, 0.717) is 12.6 Å². The van der Waals surface area contributed by atoms with Crippen LogP contribution in [0.4, 0.5) is 0 Å². The second-order valence-corrected chi connectivity index (χ2v) is 4.11. The molecule has 1 unspecified atom stereocenters. The summed E-state index contributed by atoms with van der Waals surface area (Å²) in [6.07, 6.45) is 7.32. The summed E-state index contributed by atoms with van der Waals surface area (Å²) in [5.41, 5.74) is 5.45. The topological polar surface area (TPSA) is 64.1 Å². The average molecular weight is 209 g/mol. The first-order valence-electron chi connectivity index (χ1n) is 5.75. The molecule has 1 atom stereocenters. The van der Waals surface area contributed by atoms with Gasteiger partial charge in [-0.15, -0.1) is 0 Å². The van der Waals surface area contributed by atoms with Crippen LogP contribution >= 0.6 is 0 Å². The maximum Gasteiger partial charge on any atom is 0.195 e. The van der Waals surface area contributed by atoms with Crippen molar-refractivity contribution in [1.82, 2.24) is 10.3 Å². The number of piperidine rings is 1. The van der Waals surface area contributed by atoms with Gasteiger partial charge in [-0.2, -0.15) is 0 Å². The summed E-state index contributed by atoms with van der Waals surface area (Å²) >= 11 is 0. The quantitative estimate of drug-likeness (QED) is 0.772. The van der Waals surface area contributed by atoms with E-state index < -0.39 is 0 Å². The lowest BCUT2D eigenvalue weighted by Gasteiger charge is -2.21. The van der Waals surface area contributed by atoms with Gasteiger partial charge in [-0.05, 0) is 25.9 Å². The Labute approximate surface area is 90.2 Å². The molecule has 0 amide bonds. The standard InChI is InChI=1S/C11H19N3O/c12-5-4-10-8-14-11(15-10)7-9-3-1-2-6-13-9/h8-9,13H,1-7,12H2. The number of aromatic nitrogens is 1. The zero-order valence-electron chi connectivity index (χ0n) is 9.04. The molecule has 0 aromatic carbocycles. The van der Waals surface area contributed by atoms with Gasteiger partial charge in [0.2, 0.25) is 0 Å². The van der Waals surface area contributed by atoms with E-state index in [4.69, 9.17) is 10.2 Å². The maximum absolute atomic E-state index is 5.60. The van der Waals surface area contributed by atoms with Crippen LogP contribution in [-0.2, 0) is 12.8 Å². The summed E-state index contributed by atoms with van der Waals surface area (Å²) in [7, 11) is 0. The molecule has 1 fully saturated rings. The lowest BCUT2D eigenvalue weighted by Crippen LogP contribution is -2.35. The van der Waals surface area contributed by atoms with Gasteiger partial charge in [0.15, 0.2) is 5.89 Å². The molecule has 0 radical (unpaired) electrons.